The number of morpholine rings is 1. The number of alkyl halides is 3. The Labute approximate surface area is 155 Å². The van der Waals surface area contributed by atoms with Crippen LogP contribution in [0.4, 0.5) is 13.2 Å². The third kappa shape index (κ3) is 6.30. The van der Waals surface area contributed by atoms with Gasteiger partial charge in [0, 0.05) is 32.3 Å². The molecular weight excluding hydrogens is 369 g/mol. The van der Waals surface area contributed by atoms with E-state index in [1.807, 2.05) is 13.8 Å². The third-order valence-corrected chi connectivity index (χ3v) is 4.28. The van der Waals surface area contributed by atoms with Gasteiger partial charge in [0.05, 0.1) is 22.8 Å². The molecule has 1 saturated heterocycles. The Balaban J connectivity index is 1.84. The quantitative estimate of drug-likeness (QED) is 0.781. The number of benzene rings is 1. The summed E-state index contributed by atoms with van der Waals surface area (Å²) in [5, 5.41) is 2.36. The van der Waals surface area contributed by atoms with Crippen molar-refractivity contribution in [2.45, 2.75) is 32.2 Å². The summed E-state index contributed by atoms with van der Waals surface area (Å²) in [5.74, 6) is -0.358. The zero-order valence-corrected chi connectivity index (χ0v) is 15.4. The normalized spacial score (nSPS) is 21.9. The van der Waals surface area contributed by atoms with Gasteiger partial charge in [-0.15, -0.1) is 0 Å². The van der Waals surface area contributed by atoms with E-state index in [2.05, 4.69) is 10.2 Å². The number of rotatable bonds is 5. The fraction of sp³-hybridized carbons (Fsp3) is 0.500. The first-order chi connectivity index (χ1) is 12.1. The smallest absolute Gasteiger partial charge is 0.373 e. The molecule has 0 radical (unpaired) electrons. The molecule has 1 aliphatic heterocycles. The molecule has 1 aliphatic rings. The molecule has 26 heavy (non-hydrogen) atoms. The van der Waals surface area contributed by atoms with Gasteiger partial charge < -0.3 is 10.1 Å². The van der Waals surface area contributed by atoms with E-state index in [1.165, 1.54) is 24.3 Å². The molecule has 0 aromatic heterocycles. The number of carbonyl (C=O) groups excluding carboxylic acids is 1. The Morgan fingerprint density at radius 1 is 1.35 bits per heavy atom. The summed E-state index contributed by atoms with van der Waals surface area (Å²) in [6.07, 6.45) is -1.67. The molecule has 2 rings (SSSR count). The van der Waals surface area contributed by atoms with Gasteiger partial charge in [0.25, 0.3) is 0 Å². The van der Waals surface area contributed by atoms with E-state index in [0.29, 0.717) is 13.1 Å². The van der Waals surface area contributed by atoms with Crippen LogP contribution in [0.25, 0.3) is 6.08 Å². The van der Waals surface area contributed by atoms with Crippen LogP contribution in [0.1, 0.15) is 25.0 Å². The van der Waals surface area contributed by atoms with E-state index in [4.69, 9.17) is 16.3 Å². The molecule has 1 aromatic carbocycles. The van der Waals surface area contributed by atoms with Gasteiger partial charge >= 0.3 is 6.18 Å². The van der Waals surface area contributed by atoms with Crippen LogP contribution < -0.4 is 5.32 Å². The topological polar surface area (TPSA) is 41.6 Å². The van der Waals surface area contributed by atoms with Crippen molar-refractivity contribution >= 4 is 23.6 Å². The molecule has 144 valence electrons. The highest BCUT2D eigenvalue weighted by Gasteiger charge is 2.33. The largest absolute Gasteiger partial charge is 0.417 e. The van der Waals surface area contributed by atoms with E-state index in [0.717, 1.165) is 19.2 Å². The van der Waals surface area contributed by atoms with Crippen LogP contribution in [0.15, 0.2) is 24.3 Å². The SMILES string of the molecule is C[C@@H]1CN(CCNC(=O)/C=C/c2ccc(Cl)c(C(F)(F)F)c2)C[C@@H](C)O1. The number of amides is 1. The summed E-state index contributed by atoms with van der Waals surface area (Å²) in [6.45, 7) is 6.77. The first-order valence-electron chi connectivity index (χ1n) is 8.35. The lowest BCUT2D eigenvalue weighted by Gasteiger charge is -2.35. The number of halogens is 4. The number of ether oxygens (including phenoxy) is 1. The summed E-state index contributed by atoms with van der Waals surface area (Å²) in [4.78, 5) is 14.1. The minimum atomic E-state index is -4.53. The first kappa shape index (κ1) is 20.7. The van der Waals surface area contributed by atoms with Crippen molar-refractivity contribution in [3.8, 4) is 0 Å². The fourth-order valence-electron chi connectivity index (χ4n) is 2.90. The second-order valence-corrected chi connectivity index (χ2v) is 6.79. The average molecular weight is 391 g/mol. The predicted molar refractivity (Wildman–Crippen MR) is 94.9 cm³/mol. The molecule has 1 fully saturated rings. The van der Waals surface area contributed by atoms with Crippen molar-refractivity contribution in [2.24, 2.45) is 0 Å². The standard InChI is InChI=1S/C18H22ClF3N2O2/c1-12-10-24(11-13(2)26-12)8-7-23-17(25)6-4-14-3-5-16(19)15(9-14)18(20,21)22/h3-6,9,12-13H,7-8,10-11H2,1-2H3,(H,23,25)/b6-4+/t12-,13-/m1/s1. The Kier molecular flexibility index (Phi) is 7.08. The highest BCUT2D eigenvalue weighted by molar-refractivity contribution is 6.31. The number of hydrogen-bond acceptors (Lipinski definition) is 3. The van der Waals surface area contributed by atoms with Crippen LogP contribution in [0.5, 0.6) is 0 Å². The summed E-state index contributed by atoms with van der Waals surface area (Å²) >= 11 is 5.57. The molecule has 1 N–H and O–H groups in total. The fourth-order valence-corrected chi connectivity index (χ4v) is 3.12. The van der Waals surface area contributed by atoms with Crippen molar-refractivity contribution in [1.82, 2.24) is 10.2 Å². The van der Waals surface area contributed by atoms with Crippen LogP contribution in [-0.2, 0) is 15.7 Å². The van der Waals surface area contributed by atoms with Gasteiger partial charge in [-0.05, 0) is 37.6 Å². The van der Waals surface area contributed by atoms with Crippen LogP contribution in [-0.4, -0.2) is 49.2 Å². The van der Waals surface area contributed by atoms with Crippen molar-refractivity contribution in [3.63, 3.8) is 0 Å². The summed E-state index contributed by atoms with van der Waals surface area (Å²) in [6, 6.07) is 3.52. The van der Waals surface area contributed by atoms with Crippen LogP contribution in [0.2, 0.25) is 5.02 Å². The summed E-state index contributed by atoms with van der Waals surface area (Å²) in [7, 11) is 0. The van der Waals surface area contributed by atoms with Crippen molar-refractivity contribution in [1.29, 1.82) is 0 Å². The monoisotopic (exact) mass is 390 g/mol. The molecule has 0 saturated carbocycles. The number of nitrogens with zero attached hydrogens (tertiary/aromatic N) is 1. The van der Waals surface area contributed by atoms with Gasteiger partial charge in [0.1, 0.15) is 0 Å². The van der Waals surface area contributed by atoms with E-state index >= 15 is 0 Å². The first-order valence-corrected chi connectivity index (χ1v) is 8.73. The lowest BCUT2D eigenvalue weighted by Crippen LogP contribution is -2.47. The van der Waals surface area contributed by atoms with E-state index < -0.39 is 11.7 Å². The van der Waals surface area contributed by atoms with E-state index in [-0.39, 0.29) is 28.7 Å². The number of nitrogens with one attached hydrogen (secondary N) is 1. The molecule has 1 aromatic rings. The second kappa shape index (κ2) is 8.88. The van der Waals surface area contributed by atoms with Gasteiger partial charge in [-0.25, -0.2) is 0 Å². The van der Waals surface area contributed by atoms with E-state index in [9.17, 15) is 18.0 Å². The van der Waals surface area contributed by atoms with Crippen LogP contribution >= 0.6 is 11.6 Å². The Morgan fingerprint density at radius 2 is 2.00 bits per heavy atom. The molecule has 1 amide bonds. The Bertz CT molecular complexity index is 654. The molecule has 8 heteroatoms. The minimum Gasteiger partial charge on any atom is -0.373 e. The highest BCUT2D eigenvalue weighted by atomic mass is 35.5. The molecule has 0 aliphatic carbocycles. The van der Waals surface area contributed by atoms with Gasteiger partial charge in [-0.2, -0.15) is 13.2 Å². The molecule has 0 bridgehead atoms. The third-order valence-electron chi connectivity index (χ3n) is 3.95. The molecule has 0 unspecified atom stereocenters. The minimum absolute atomic E-state index is 0.155. The zero-order chi connectivity index (χ0) is 19.3. The predicted octanol–water partition coefficient (Wildman–Crippen LogP) is 3.60. The molecule has 4 nitrogen and oxygen atoms in total. The number of hydrogen-bond donors (Lipinski definition) is 1. The van der Waals surface area contributed by atoms with Crippen LogP contribution in [0.3, 0.4) is 0 Å². The second-order valence-electron chi connectivity index (χ2n) is 6.38. The maximum atomic E-state index is 12.8. The maximum absolute atomic E-state index is 12.8. The number of carbonyl (C=O) groups is 1. The average Bonchev–Trinajstić information content (AvgIpc) is 2.52. The van der Waals surface area contributed by atoms with Gasteiger partial charge in [0.2, 0.25) is 5.91 Å². The van der Waals surface area contributed by atoms with E-state index in [1.54, 1.807) is 0 Å². The van der Waals surface area contributed by atoms with Crippen LogP contribution in [0, 0.1) is 0 Å². The van der Waals surface area contributed by atoms with Crippen molar-refractivity contribution in [2.75, 3.05) is 26.2 Å². The Morgan fingerprint density at radius 3 is 2.62 bits per heavy atom. The molecule has 2 atom stereocenters. The summed E-state index contributed by atoms with van der Waals surface area (Å²) < 4.78 is 44.1. The molecular formula is C18H22ClF3N2O2. The zero-order valence-electron chi connectivity index (χ0n) is 14.6. The lowest BCUT2D eigenvalue weighted by molar-refractivity contribution is -0.137. The maximum Gasteiger partial charge on any atom is 0.417 e. The summed E-state index contributed by atoms with van der Waals surface area (Å²) in [5.41, 5.74) is -0.662. The molecule has 1 heterocycles. The lowest BCUT2D eigenvalue weighted by atomic mass is 10.1. The van der Waals surface area contributed by atoms with Gasteiger partial charge in [0.15, 0.2) is 0 Å². The van der Waals surface area contributed by atoms with Crippen molar-refractivity contribution in [3.05, 3.63) is 40.4 Å². The van der Waals surface area contributed by atoms with Gasteiger partial charge in [-0.3, -0.25) is 9.69 Å². The van der Waals surface area contributed by atoms with Crippen molar-refractivity contribution < 1.29 is 22.7 Å². The Hall–Kier alpha value is -1.57. The molecule has 0 spiro atoms. The highest BCUT2D eigenvalue weighted by Crippen LogP contribution is 2.35. The van der Waals surface area contributed by atoms with Gasteiger partial charge in [-0.1, -0.05) is 17.7 Å².